The van der Waals surface area contributed by atoms with Gasteiger partial charge in [0.2, 0.25) is 5.09 Å². The van der Waals surface area contributed by atoms with E-state index in [9.17, 15) is 16.8 Å². The minimum atomic E-state index is -3.59. The third-order valence-electron chi connectivity index (χ3n) is 5.32. The lowest BCUT2D eigenvalue weighted by atomic mass is 10.2. The van der Waals surface area contributed by atoms with Crippen LogP contribution < -0.4 is 0 Å². The molecule has 4 rings (SSSR count). The van der Waals surface area contributed by atoms with Gasteiger partial charge in [0.15, 0.2) is 9.84 Å². The highest BCUT2D eigenvalue weighted by atomic mass is 32.2. The summed E-state index contributed by atoms with van der Waals surface area (Å²) in [6.45, 7) is 2.06. The number of sulfone groups is 1. The number of thiophene rings is 1. The van der Waals surface area contributed by atoms with Crippen LogP contribution in [0.3, 0.4) is 0 Å². The highest BCUT2D eigenvalue weighted by Gasteiger charge is 2.34. The van der Waals surface area contributed by atoms with Gasteiger partial charge in [0.05, 0.1) is 18.1 Å². The maximum Gasteiger partial charge on any atom is 0.276 e. The van der Waals surface area contributed by atoms with Crippen molar-refractivity contribution in [2.75, 3.05) is 24.6 Å². The van der Waals surface area contributed by atoms with Gasteiger partial charge in [0.1, 0.15) is 5.76 Å². The lowest BCUT2D eigenvalue weighted by molar-refractivity contribution is 0.177. The summed E-state index contributed by atoms with van der Waals surface area (Å²) in [5.74, 6) is 0.877. The summed E-state index contributed by atoms with van der Waals surface area (Å²) in [5.41, 5.74) is 0. The largest absolute Gasteiger partial charge is 0.447 e. The molecule has 0 spiro atoms. The Balaban J connectivity index is 1.53. The van der Waals surface area contributed by atoms with E-state index in [2.05, 4.69) is 4.90 Å². The van der Waals surface area contributed by atoms with Gasteiger partial charge in [0.25, 0.3) is 10.0 Å². The molecule has 0 radical (unpaired) electrons. The van der Waals surface area contributed by atoms with E-state index in [1.807, 2.05) is 17.5 Å². The highest BCUT2D eigenvalue weighted by Crippen LogP contribution is 2.27. The molecule has 1 atom stereocenters. The summed E-state index contributed by atoms with van der Waals surface area (Å²) in [7, 11) is -6.60. The smallest absolute Gasteiger partial charge is 0.276 e. The SMILES string of the molecule is O=S1(=O)CC[C@@H](N(Cc2ccc(S(=O)(=O)N3CCCC3)o2)Cc2cccs2)C1. The summed E-state index contributed by atoms with van der Waals surface area (Å²) >= 11 is 1.62. The minimum Gasteiger partial charge on any atom is -0.447 e. The van der Waals surface area contributed by atoms with Crippen LogP contribution in [0.2, 0.25) is 0 Å². The fourth-order valence-electron chi connectivity index (χ4n) is 3.82. The average Bonchev–Trinajstić information content (AvgIpc) is 3.42. The third-order valence-corrected chi connectivity index (χ3v) is 9.70. The van der Waals surface area contributed by atoms with E-state index >= 15 is 0 Å². The van der Waals surface area contributed by atoms with E-state index in [1.165, 1.54) is 10.4 Å². The Kier molecular flexibility index (Phi) is 5.67. The van der Waals surface area contributed by atoms with Gasteiger partial charge < -0.3 is 4.42 Å². The number of hydrogen-bond donors (Lipinski definition) is 0. The molecule has 0 N–H and O–H groups in total. The second-order valence-corrected chi connectivity index (χ2v) is 12.5. The molecule has 2 fully saturated rings. The monoisotopic (exact) mass is 444 g/mol. The molecule has 0 unspecified atom stereocenters. The first-order chi connectivity index (χ1) is 13.3. The highest BCUT2D eigenvalue weighted by molar-refractivity contribution is 7.91. The van der Waals surface area contributed by atoms with Crippen LogP contribution in [-0.4, -0.2) is 56.7 Å². The minimum absolute atomic E-state index is 0.0282. The fourth-order valence-corrected chi connectivity index (χ4v) is 7.75. The molecule has 7 nitrogen and oxygen atoms in total. The molecule has 0 saturated carbocycles. The van der Waals surface area contributed by atoms with E-state index < -0.39 is 19.9 Å². The van der Waals surface area contributed by atoms with Gasteiger partial charge >= 0.3 is 0 Å². The van der Waals surface area contributed by atoms with Gasteiger partial charge in [-0.15, -0.1) is 11.3 Å². The zero-order valence-electron chi connectivity index (χ0n) is 15.5. The summed E-state index contributed by atoms with van der Waals surface area (Å²) in [4.78, 5) is 3.22. The Labute approximate surface area is 169 Å². The lowest BCUT2D eigenvalue weighted by Crippen LogP contribution is -2.35. The van der Waals surface area contributed by atoms with Crippen LogP contribution in [-0.2, 0) is 33.0 Å². The second-order valence-electron chi connectivity index (χ2n) is 7.37. The molecule has 0 amide bonds. The number of nitrogens with zero attached hydrogens (tertiary/aromatic N) is 2. The van der Waals surface area contributed by atoms with Crippen molar-refractivity contribution in [3.63, 3.8) is 0 Å². The van der Waals surface area contributed by atoms with Gasteiger partial charge in [-0.05, 0) is 42.8 Å². The van der Waals surface area contributed by atoms with Crippen molar-refractivity contribution >= 4 is 31.2 Å². The zero-order valence-corrected chi connectivity index (χ0v) is 17.9. The van der Waals surface area contributed by atoms with Crippen molar-refractivity contribution < 1.29 is 21.3 Å². The van der Waals surface area contributed by atoms with E-state index in [0.717, 1.165) is 17.7 Å². The number of rotatable bonds is 7. The molecular formula is C18H24N2O5S3. The predicted octanol–water partition coefficient (Wildman–Crippen LogP) is 2.31. The van der Waals surface area contributed by atoms with Crippen LogP contribution >= 0.6 is 11.3 Å². The van der Waals surface area contributed by atoms with Crippen molar-refractivity contribution in [3.8, 4) is 0 Å². The molecule has 0 aliphatic carbocycles. The molecule has 2 aliphatic rings. The summed E-state index contributed by atoms with van der Waals surface area (Å²) in [6.07, 6.45) is 2.34. The Bertz CT molecular complexity index is 1010. The third kappa shape index (κ3) is 4.35. The summed E-state index contributed by atoms with van der Waals surface area (Å²) < 4.78 is 56.4. The summed E-state index contributed by atoms with van der Waals surface area (Å²) in [6, 6.07) is 7.10. The van der Waals surface area contributed by atoms with Crippen molar-refractivity contribution in [3.05, 3.63) is 40.3 Å². The fraction of sp³-hybridized carbons (Fsp3) is 0.556. The maximum absolute atomic E-state index is 12.7. The number of furan rings is 1. The van der Waals surface area contributed by atoms with E-state index in [-0.39, 0.29) is 22.6 Å². The van der Waals surface area contributed by atoms with Gasteiger partial charge in [-0.25, -0.2) is 16.8 Å². The Morgan fingerprint density at radius 1 is 1.18 bits per heavy atom. The van der Waals surface area contributed by atoms with Gasteiger partial charge in [-0.3, -0.25) is 4.90 Å². The maximum atomic E-state index is 12.7. The normalized spacial score (nSPS) is 23.0. The Morgan fingerprint density at radius 3 is 2.61 bits per heavy atom. The molecule has 2 aromatic heterocycles. The molecule has 154 valence electrons. The molecule has 2 aliphatic heterocycles. The van der Waals surface area contributed by atoms with Crippen LogP contribution in [0.1, 0.15) is 29.9 Å². The van der Waals surface area contributed by atoms with E-state index in [4.69, 9.17) is 4.42 Å². The molecule has 0 aromatic carbocycles. The van der Waals surface area contributed by atoms with Crippen LogP contribution in [0.4, 0.5) is 0 Å². The Hall–Kier alpha value is -1.20. The van der Waals surface area contributed by atoms with Crippen LogP contribution in [0, 0.1) is 0 Å². The standard InChI is InChI=1S/C18H24N2O5S3/c21-27(22)11-7-15(14-27)19(13-17-4-3-10-26-17)12-16-5-6-18(25-16)28(23,24)20-8-1-2-9-20/h3-6,10,15H,1-2,7-9,11-14H2/t15-/m1/s1. The van der Waals surface area contributed by atoms with E-state index in [0.29, 0.717) is 38.4 Å². The number of sulfonamides is 1. The van der Waals surface area contributed by atoms with Crippen molar-refractivity contribution in [1.29, 1.82) is 0 Å². The molecule has 28 heavy (non-hydrogen) atoms. The predicted molar refractivity (Wildman–Crippen MR) is 107 cm³/mol. The zero-order chi connectivity index (χ0) is 19.8. The van der Waals surface area contributed by atoms with Crippen LogP contribution in [0.5, 0.6) is 0 Å². The van der Waals surface area contributed by atoms with Gasteiger partial charge in [0, 0.05) is 30.6 Å². The molecular weight excluding hydrogens is 420 g/mol. The van der Waals surface area contributed by atoms with Crippen LogP contribution in [0.15, 0.2) is 39.2 Å². The topological polar surface area (TPSA) is 87.9 Å². The lowest BCUT2D eigenvalue weighted by Gasteiger charge is -2.26. The molecule has 2 saturated heterocycles. The number of hydrogen-bond acceptors (Lipinski definition) is 7. The average molecular weight is 445 g/mol. The Morgan fingerprint density at radius 2 is 1.96 bits per heavy atom. The summed E-state index contributed by atoms with van der Waals surface area (Å²) in [5, 5.41) is 1.96. The first kappa shape index (κ1) is 20.1. The molecule has 2 aromatic rings. The quantitative estimate of drug-likeness (QED) is 0.651. The molecule has 0 bridgehead atoms. The van der Waals surface area contributed by atoms with Crippen molar-refractivity contribution in [1.82, 2.24) is 9.21 Å². The first-order valence-electron chi connectivity index (χ1n) is 9.39. The molecule has 4 heterocycles. The first-order valence-corrected chi connectivity index (χ1v) is 13.5. The van der Waals surface area contributed by atoms with Crippen LogP contribution in [0.25, 0.3) is 0 Å². The second kappa shape index (κ2) is 7.91. The van der Waals surface area contributed by atoms with E-state index in [1.54, 1.807) is 17.4 Å². The van der Waals surface area contributed by atoms with Gasteiger partial charge in [-0.2, -0.15) is 4.31 Å². The molecule has 10 heteroatoms. The van der Waals surface area contributed by atoms with Crippen molar-refractivity contribution in [2.24, 2.45) is 0 Å². The van der Waals surface area contributed by atoms with Crippen molar-refractivity contribution in [2.45, 2.75) is 43.5 Å². The van der Waals surface area contributed by atoms with Gasteiger partial charge in [-0.1, -0.05) is 6.07 Å².